The number of nitrogens with one attached hydrogen (secondary N) is 2. The molecule has 0 bridgehead atoms. The van der Waals surface area contributed by atoms with E-state index in [0.717, 1.165) is 43.5 Å². The zero-order valence-electron chi connectivity index (χ0n) is 16.8. The van der Waals surface area contributed by atoms with Crippen molar-refractivity contribution in [3.8, 4) is 0 Å². The van der Waals surface area contributed by atoms with E-state index in [1.54, 1.807) is 7.05 Å². The van der Waals surface area contributed by atoms with Gasteiger partial charge in [-0.05, 0) is 40.0 Å². The molecule has 27 heavy (non-hydrogen) atoms. The number of amides is 1. The molecule has 0 saturated carbocycles. The molecule has 1 fully saturated rings. The predicted octanol–water partition coefficient (Wildman–Crippen LogP) is 1.29. The van der Waals surface area contributed by atoms with Crippen LogP contribution in [0.15, 0.2) is 4.99 Å². The lowest BCUT2D eigenvalue weighted by Crippen LogP contribution is -2.44. The molecular formula is C18H31N7O2. The van der Waals surface area contributed by atoms with Crippen molar-refractivity contribution < 1.29 is 9.53 Å². The van der Waals surface area contributed by atoms with Gasteiger partial charge >= 0.3 is 6.09 Å². The van der Waals surface area contributed by atoms with Crippen LogP contribution in [0.4, 0.5) is 4.79 Å². The molecule has 1 unspecified atom stereocenters. The first-order valence-electron chi connectivity index (χ1n) is 9.72. The predicted molar refractivity (Wildman–Crippen MR) is 103 cm³/mol. The van der Waals surface area contributed by atoms with Gasteiger partial charge in [0.05, 0.1) is 12.6 Å². The van der Waals surface area contributed by atoms with Crippen molar-refractivity contribution in [1.29, 1.82) is 0 Å². The van der Waals surface area contributed by atoms with Gasteiger partial charge in [-0.2, -0.15) is 0 Å². The van der Waals surface area contributed by atoms with Crippen LogP contribution in [0, 0.1) is 0 Å². The van der Waals surface area contributed by atoms with Crippen LogP contribution >= 0.6 is 0 Å². The van der Waals surface area contributed by atoms with Crippen molar-refractivity contribution in [1.82, 2.24) is 30.3 Å². The summed E-state index contributed by atoms with van der Waals surface area (Å²) < 4.78 is 7.55. The average molecular weight is 377 g/mol. The van der Waals surface area contributed by atoms with Gasteiger partial charge in [0, 0.05) is 33.1 Å². The number of nitrogens with zero attached hydrogens (tertiary/aromatic N) is 5. The number of aryl methyl sites for hydroxylation is 1. The summed E-state index contributed by atoms with van der Waals surface area (Å²) in [7, 11) is 1.77. The molecule has 1 aromatic rings. The maximum atomic E-state index is 12.0. The van der Waals surface area contributed by atoms with Gasteiger partial charge in [0.15, 0.2) is 11.8 Å². The van der Waals surface area contributed by atoms with Crippen LogP contribution in [0.2, 0.25) is 0 Å². The Morgan fingerprint density at radius 2 is 2.11 bits per heavy atom. The van der Waals surface area contributed by atoms with E-state index in [4.69, 9.17) is 4.74 Å². The molecule has 1 amide bonds. The number of hydrogen-bond donors (Lipinski definition) is 2. The van der Waals surface area contributed by atoms with Gasteiger partial charge in [0.1, 0.15) is 11.4 Å². The number of aromatic nitrogens is 3. The largest absolute Gasteiger partial charge is 0.444 e. The Balaban J connectivity index is 1.50. The quantitative estimate of drug-likeness (QED) is 0.609. The molecule has 150 valence electrons. The van der Waals surface area contributed by atoms with Gasteiger partial charge in [-0.15, -0.1) is 10.2 Å². The zero-order chi connectivity index (χ0) is 19.4. The zero-order valence-corrected chi connectivity index (χ0v) is 16.8. The van der Waals surface area contributed by atoms with E-state index < -0.39 is 5.60 Å². The normalized spacial score (nSPS) is 20.4. The first kappa shape index (κ1) is 19.4. The minimum absolute atomic E-state index is 0.0549. The third-order valence-electron chi connectivity index (χ3n) is 4.76. The minimum atomic E-state index is -0.489. The van der Waals surface area contributed by atoms with E-state index >= 15 is 0 Å². The molecule has 2 aliphatic rings. The highest BCUT2D eigenvalue weighted by Gasteiger charge is 2.28. The van der Waals surface area contributed by atoms with Gasteiger partial charge in [0.25, 0.3) is 0 Å². The number of rotatable bonds is 3. The Labute approximate surface area is 160 Å². The maximum Gasteiger partial charge on any atom is 0.407 e. The van der Waals surface area contributed by atoms with Crippen LogP contribution in [-0.2, 0) is 24.2 Å². The number of carbonyl (C=O) groups is 1. The fourth-order valence-electron chi connectivity index (χ4n) is 3.53. The molecule has 1 aromatic heterocycles. The first-order valence-corrected chi connectivity index (χ1v) is 9.72. The van der Waals surface area contributed by atoms with E-state index in [1.807, 2.05) is 20.8 Å². The number of aliphatic imine (C=N–C) groups is 1. The lowest BCUT2D eigenvalue weighted by atomic mass is 10.2. The Kier molecular flexibility index (Phi) is 5.86. The van der Waals surface area contributed by atoms with Crippen molar-refractivity contribution in [3.63, 3.8) is 0 Å². The number of likely N-dealkylation sites (tertiary alicyclic amines) is 1. The molecule has 2 N–H and O–H groups in total. The SMILES string of the molecule is CN=C(NCc1nnc2n1CCCC2)N1CCC(NC(=O)OC(C)(C)C)C1. The van der Waals surface area contributed by atoms with Gasteiger partial charge < -0.3 is 24.8 Å². The van der Waals surface area contributed by atoms with Gasteiger partial charge in [-0.25, -0.2) is 4.79 Å². The fraction of sp³-hybridized carbons (Fsp3) is 0.778. The standard InChI is InChI=1S/C18H31N7O2/c1-18(2,3)27-17(26)21-13-8-10-24(12-13)16(19-4)20-11-15-23-22-14-7-5-6-9-25(14)15/h13H,5-12H2,1-4H3,(H,19,20)(H,21,26). The van der Waals surface area contributed by atoms with Crippen LogP contribution < -0.4 is 10.6 Å². The molecule has 3 heterocycles. The lowest BCUT2D eigenvalue weighted by Gasteiger charge is -2.23. The highest BCUT2D eigenvalue weighted by Crippen LogP contribution is 2.15. The Hall–Kier alpha value is -2.32. The van der Waals surface area contributed by atoms with Crippen molar-refractivity contribution in [3.05, 3.63) is 11.6 Å². The Morgan fingerprint density at radius 3 is 2.85 bits per heavy atom. The number of guanidine groups is 1. The Bertz CT molecular complexity index is 692. The lowest BCUT2D eigenvalue weighted by molar-refractivity contribution is 0.0507. The van der Waals surface area contributed by atoms with Gasteiger partial charge in [-0.3, -0.25) is 4.99 Å². The molecule has 1 saturated heterocycles. The maximum absolute atomic E-state index is 12.0. The van der Waals surface area contributed by atoms with E-state index in [0.29, 0.717) is 13.1 Å². The Morgan fingerprint density at radius 1 is 1.30 bits per heavy atom. The molecule has 0 aliphatic carbocycles. The second-order valence-corrected chi connectivity index (χ2v) is 8.12. The summed E-state index contributed by atoms with van der Waals surface area (Å²) in [4.78, 5) is 18.5. The van der Waals surface area contributed by atoms with Crippen molar-refractivity contribution in [2.24, 2.45) is 4.99 Å². The van der Waals surface area contributed by atoms with Crippen LogP contribution in [0.5, 0.6) is 0 Å². The van der Waals surface area contributed by atoms with Crippen molar-refractivity contribution in [2.45, 2.75) is 71.2 Å². The molecular weight excluding hydrogens is 346 g/mol. The number of fused-ring (bicyclic) bond motifs is 1. The van der Waals surface area contributed by atoms with Crippen LogP contribution in [-0.4, -0.2) is 63.5 Å². The van der Waals surface area contributed by atoms with E-state index in [1.165, 1.54) is 12.8 Å². The molecule has 0 radical (unpaired) electrons. The fourth-order valence-corrected chi connectivity index (χ4v) is 3.53. The second kappa shape index (κ2) is 8.14. The number of carbonyl (C=O) groups excluding carboxylic acids is 1. The average Bonchev–Trinajstić information content (AvgIpc) is 3.21. The summed E-state index contributed by atoms with van der Waals surface area (Å²) in [5.41, 5.74) is -0.489. The van der Waals surface area contributed by atoms with Crippen molar-refractivity contribution in [2.75, 3.05) is 20.1 Å². The van der Waals surface area contributed by atoms with E-state index in [-0.39, 0.29) is 12.1 Å². The summed E-state index contributed by atoms with van der Waals surface area (Å²) in [5, 5.41) is 14.9. The number of alkyl carbamates (subject to hydrolysis) is 1. The van der Waals surface area contributed by atoms with Gasteiger partial charge in [-0.1, -0.05) is 0 Å². The van der Waals surface area contributed by atoms with E-state index in [2.05, 4.69) is 35.3 Å². The van der Waals surface area contributed by atoms with Crippen LogP contribution in [0.25, 0.3) is 0 Å². The van der Waals surface area contributed by atoms with Crippen molar-refractivity contribution >= 4 is 12.1 Å². The summed E-state index contributed by atoms with van der Waals surface area (Å²) in [6.45, 7) is 8.71. The van der Waals surface area contributed by atoms with E-state index in [9.17, 15) is 4.79 Å². The van der Waals surface area contributed by atoms with Crippen LogP contribution in [0.3, 0.4) is 0 Å². The number of hydrogen-bond acceptors (Lipinski definition) is 5. The number of ether oxygens (including phenoxy) is 1. The molecule has 3 rings (SSSR count). The topological polar surface area (TPSA) is 96.7 Å². The molecule has 2 aliphatic heterocycles. The summed E-state index contributed by atoms with van der Waals surface area (Å²) >= 11 is 0. The molecule has 9 heteroatoms. The van der Waals surface area contributed by atoms with Crippen LogP contribution in [0.1, 0.15) is 51.7 Å². The summed E-state index contributed by atoms with van der Waals surface area (Å²) in [6, 6.07) is 0.0549. The summed E-state index contributed by atoms with van der Waals surface area (Å²) in [5.74, 6) is 2.85. The highest BCUT2D eigenvalue weighted by atomic mass is 16.6. The molecule has 0 aromatic carbocycles. The molecule has 9 nitrogen and oxygen atoms in total. The summed E-state index contributed by atoms with van der Waals surface area (Å²) in [6.07, 6.45) is 3.86. The molecule has 1 atom stereocenters. The smallest absolute Gasteiger partial charge is 0.407 e. The minimum Gasteiger partial charge on any atom is -0.444 e. The third-order valence-corrected chi connectivity index (χ3v) is 4.76. The second-order valence-electron chi connectivity index (χ2n) is 8.12. The third kappa shape index (κ3) is 5.11. The monoisotopic (exact) mass is 377 g/mol. The first-order chi connectivity index (χ1) is 12.9. The highest BCUT2D eigenvalue weighted by molar-refractivity contribution is 5.80. The van der Waals surface area contributed by atoms with Gasteiger partial charge in [0.2, 0.25) is 0 Å². The molecule has 0 spiro atoms.